The van der Waals surface area contributed by atoms with Crippen molar-refractivity contribution < 1.29 is 13.2 Å². The summed E-state index contributed by atoms with van der Waals surface area (Å²) >= 11 is 0. The standard InChI is InChI=1S/C20H26N2O3S/c1-14(15-8-12-18(13-9-15)22-26(5,24)25)21-19(23)16-6-10-17(11-7-16)20(2,3)4/h6-14,22H,1-5H3,(H,21,23)/t14-/m1/s1. The molecule has 0 bridgehead atoms. The van der Waals surface area contributed by atoms with Crippen molar-refractivity contribution in [3.05, 3.63) is 65.2 Å². The summed E-state index contributed by atoms with van der Waals surface area (Å²) in [4.78, 5) is 12.4. The summed E-state index contributed by atoms with van der Waals surface area (Å²) in [6.45, 7) is 8.28. The van der Waals surface area contributed by atoms with Crippen LogP contribution in [0.25, 0.3) is 0 Å². The van der Waals surface area contributed by atoms with Crippen LogP contribution >= 0.6 is 0 Å². The largest absolute Gasteiger partial charge is 0.346 e. The van der Waals surface area contributed by atoms with Crippen molar-refractivity contribution in [2.24, 2.45) is 0 Å². The van der Waals surface area contributed by atoms with Crippen LogP contribution in [0.3, 0.4) is 0 Å². The number of hydrogen-bond donors (Lipinski definition) is 2. The number of benzene rings is 2. The first-order valence-corrected chi connectivity index (χ1v) is 10.3. The van der Waals surface area contributed by atoms with Crippen molar-refractivity contribution in [2.75, 3.05) is 11.0 Å². The van der Waals surface area contributed by atoms with E-state index in [4.69, 9.17) is 0 Å². The molecule has 0 aliphatic rings. The third-order valence-electron chi connectivity index (χ3n) is 4.07. The second-order valence-electron chi connectivity index (χ2n) is 7.52. The fourth-order valence-corrected chi connectivity index (χ4v) is 3.10. The van der Waals surface area contributed by atoms with Gasteiger partial charge in [0.15, 0.2) is 0 Å². The number of amides is 1. The zero-order chi connectivity index (χ0) is 19.5. The van der Waals surface area contributed by atoms with Crippen molar-refractivity contribution in [3.8, 4) is 0 Å². The SMILES string of the molecule is C[C@@H](NC(=O)c1ccc(C(C)(C)C)cc1)c1ccc(NS(C)(=O)=O)cc1. The summed E-state index contributed by atoms with van der Waals surface area (Å²) in [5.74, 6) is -0.142. The van der Waals surface area contributed by atoms with E-state index in [1.807, 2.05) is 31.2 Å². The molecule has 0 saturated carbocycles. The van der Waals surface area contributed by atoms with Gasteiger partial charge in [0.25, 0.3) is 5.91 Å². The van der Waals surface area contributed by atoms with Crippen LogP contribution in [0, 0.1) is 0 Å². The molecule has 0 aliphatic carbocycles. The van der Waals surface area contributed by atoms with E-state index in [9.17, 15) is 13.2 Å². The van der Waals surface area contributed by atoms with Crippen LogP contribution in [-0.2, 0) is 15.4 Å². The molecule has 0 fully saturated rings. The van der Waals surface area contributed by atoms with E-state index in [1.54, 1.807) is 24.3 Å². The molecule has 0 spiro atoms. The van der Waals surface area contributed by atoms with Crippen molar-refractivity contribution in [1.29, 1.82) is 0 Å². The van der Waals surface area contributed by atoms with Gasteiger partial charge < -0.3 is 5.32 Å². The molecule has 0 aromatic heterocycles. The highest BCUT2D eigenvalue weighted by atomic mass is 32.2. The first-order chi connectivity index (χ1) is 12.0. The van der Waals surface area contributed by atoms with Crippen molar-refractivity contribution in [2.45, 2.75) is 39.2 Å². The summed E-state index contributed by atoms with van der Waals surface area (Å²) in [5, 5.41) is 2.96. The number of hydrogen-bond acceptors (Lipinski definition) is 3. The van der Waals surface area contributed by atoms with E-state index in [2.05, 4.69) is 30.8 Å². The van der Waals surface area contributed by atoms with E-state index < -0.39 is 10.0 Å². The maximum absolute atomic E-state index is 12.4. The van der Waals surface area contributed by atoms with E-state index in [-0.39, 0.29) is 17.4 Å². The number of anilines is 1. The van der Waals surface area contributed by atoms with Gasteiger partial charge in [0.1, 0.15) is 0 Å². The molecule has 2 aromatic rings. The smallest absolute Gasteiger partial charge is 0.251 e. The quantitative estimate of drug-likeness (QED) is 0.835. The predicted molar refractivity (Wildman–Crippen MR) is 106 cm³/mol. The van der Waals surface area contributed by atoms with Gasteiger partial charge >= 0.3 is 0 Å². The number of carbonyl (C=O) groups is 1. The van der Waals surface area contributed by atoms with Gasteiger partial charge in [-0.25, -0.2) is 8.42 Å². The minimum Gasteiger partial charge on any atom is -0.346 e. The van der Waals surface area contributed by atoms with E-state index >= 15 is 0 Å². The van der Waals surface area contributed by atoms with Crippen LogP contribution in [0.15, 0.2) is 48.5 Å². The third kappa shape index (κ3) is 5.59. The van der Waals surface area contributed by atoms with Crippen LogP contribution in [0.5, 0.6) is 0 Å². The number of nitrogens with one attached hydrogen (secondary N) is 2. The summed E-state index contributed by atoms with van der Waals surface area (Å²) in [6.07, 6.45) is 1.11. The lowest BCUT2D eigenvalue weighted by molar-refractivity contribution is 0.0940. The summed E-state index contributed by atoms with van der Waals surface area (Å²) < 4.78 is 24.9. The minimum absolute atomic E-state index is 0.0457. The van der Waals surface area contributed by atoms with Crippen molar-refractivity contribution in [1.82, 2.24) is 5.32 Å². The normalized spacial score (nSPS) is 13.1. The Balaban J connectivity index is 2.04. The van der Waals surface area contributed by atoms with Gasteiger partial charge in [0.05, 0.1) is 12.3 Å². The Morgan fingerprint density at radius 2 is 1.50 bits per heavy atom. The van der Waals surface area contributed by atoms with Gasteiger partial charge in [-0.3, -0.25) is 9.52 Å². The van der Waals surface area contributed by atoms with Gasteiger partial charge in [-0.05, 0) is 47.7 Å². The molecule has 0 saturated heterocycles. The molecular weight excluding hydrogens is 348 g/mol. The molecule has 1 atom stereocenters. The lowest BCUT2D eigenvalue weighted by atomic mass is 9.86. The fourth-order valence-electron chi connectivity index (χ4n) is 2.54. The maximum Gasteiger partial charge on any atom is 0.251 e. The molecule has 140 valence electrons. The molecule has 0 radical (unpaired) electrons. The summed E-state index contributed by atoms with van der Waals surface area (Å²) in [6, 6.07) is 14.4. The molecular formula is C20H26N2O3S. The molecule has 2 aromatic carbocycles. The first-order valence-electron chi connectivity index (χ1n) is 8.45. The Bertz CT molecular complexity index is 865. The van der Waals surface area contributed by atoms with Crippen molar-refractivity contribution in [3.63, 3.8) is 0 Å². The van der Waals surface area contributed by atoms with Gasteiger partial charge in [0.2, 0.25) is 10.0 Å². The van der Waals surface area contributed by atoms with Crippen LogP contribution in [0.1, 0.15) is 55.2 Å². The van der Waals surface area contributed by atoms with E-state index in [0.29, 0.717) is 11.3 Å². The predicted octanol–water partition coefficient (Wildman–Crippen LogP) is 3.85. The Hall–Kier alpha value is -2.34. The molecule has 1 amide bonds. The van der Waals surface area contributed by atoms with Gasteiger partial charge in [0, 0.05) is 11.3 Å². The molecule has 0 unspecified atom stereocenters. The second-order valence-corrected chi connectivity index (χ2v) is 9.27. The molecule has 0 aliphatic heterocycles. The van der Waals surface area contributed by atoms with Crippen LogP contribution in [0.4, 0.5) is 5.69 Å². The van der Waals surface area contributed by atoms with Crippen LogP contribution in [-0.4, -0.2) is 20.6 Å². The molecule has 5 nitrogen and oxygen atoms in total. The lowest BCUT2D eigenvalue weighted by Crippen LogP contribution is -2.26. The Kier molecular flexibility index (Phi) is 5.76. The van der Waals surface area contributed by atoms with Gasteiger partial charge in [-0.2, -0.15) is 0 Å². The molecule has 2 N–H and O–H groups in total. The Labute approximate surface area is 155 Å². The van der Waals surface area contributed by atoms with Crippen molar-refractivity contribution >= 4 is 21.6 Å². The highest BCUT2D eigenvalue weighted by Gasteiger charge is 2.15. The highest BCUT2D eigenvalue weighted by Crippen LogP contribution is 2.22. The maximum atomic E-state index is 12.4. The average molecular weight is 375 g/mol. The number of rotatable bonds is 5. The fraction of sp³-hybridized carbons (Fsp3) is 0.350. The van der Waals surface area contributed by atoms with E-state index in [1.165, 1.54) is 5.56 Å². The number of carbonyl (C=O) groups excluding carboxylic acids is 1. The molecule has 0 heterocycles. The Morgan fingerprint density at radius 1 is 0.962 bits per heavy atom. The molecule has 2 rings (SSSR count). The summed E-state index contributed by atoms with van der Waals surface area (Å²) in [7, 11) is -3.30. The second kappa shape index (κ2) is 7.50. The third-order valence-corrected chi connectivity index (χ3v) is 4.68. The van der Waals surface area contributed by atoms with E-state index in [0.717, 1.165) is 11.8 Å². The average Bonchev–Trinajstić information content (AvgIpc) is 2.53. The minimum atomic E-state index is -3.30. The van der Waals surface area contributed by atoms with Gasteiger partial charge in [-0.15, -0.1) is 0 Å². The highest BCUT2D eigenvalue weighted by molar-refractivity contribution is 7.92. The zero-order valence-electron chi connectivity index (χ0n) is 15.8. The first kappa shape index (κ1) is 20.0. The molecule has 26 heavy (non-hydrogen) atoms. The Morgan fingerprint density at radius 3 is 1.96 bits per heavy atom. The molecule has 6 heteroatoms. The van der Waals surface area contributed by atoms with Crippen LogP contribution < -0.4 is 10.0 Å². The lowest BCUT2D eigenvalue weighted by Gasteiger charge is -2.19. The monoisotopic (exact) mass is 374 g/mol. The number of sulfonamides is 1. The topological polar surface area (TPSA) is 75.3 Å². The summed E-state index contributed by atoms with van der Waals surface area (Å²) in [5.41, 5.74) is 3.22. The van der Waals surface area contributed by atoms with Crippen LogP contribution in [0.2, 0.25) is 0 Å². The zero-order valence-corrected chi connectivity index (χ0v) is 16.6. The van der Waals surface area contributed by atoms with Gasteiger partial charge in [-0.1, -0.05) is 45.0 Å².